The van der Waals surface area contributed by atoms with E-state index in [1.165, 1.54) is 49.2 Å². The SMILES string of the molecule is CNC(c1ccsc1C)C(C)(C)N1CCCCCC1. The quantitative estimate of drug-likeness (QED) is 0.897. The predicted molar refractivity (Wildman–Crippen MR) is 85.0 cm³/mol. The summed E-state index contributed by atoms with van der Waals surface area (Å²) in [5.41, 5.74) is 1.65. The van der Waals surface area contributed by atoms with Gasteiger partial charge in [-0.15, -0.1) is 11.3 Å². The van der Waals surface area contributed by atoms with Crippen LogP contribution in [0, 0.1) is 6.92 Å². The van der Waals surface area contributed by atoms with Crippen molar-refractivity contribution >= 4 is 11.3 Å². The number of rotatable bonds is 4. The average molecular weight is 280 g/mol. The van der Waals surface area contributed by atoms with Crippen molar-refractivity contribution in [1.29, 1.82) is 0 Å². The van der Waals surface area contributed by atoms with E-state index >= 15 is 0 Å². The van der Waals surface area contributed by atoms with Crippen LogP contribution in [-0.2, 0) is 0 Å². The number of likely N-dealkylation sites (N-methyl/N-ethyl adjacent to an activating group) is 1. The Morgan fingerprint density at radius 1 is 1.21 bits per heavy atom. The van der Waals surface area contributed by atoms with Crippen LogP contribution in [0.25, 0.3) is 0 Å². The number of nitrogens with one attached hydrogen (secondary N) is 1. The van der Waals surface area contributed by atoms with Crippen LogP contribution in [0.1, 0.15) is 56.0 Å². The topological polar surface area (TPSA) is 15.3 Å². The Hall–Kier alpha value is -0.380. The van der Waals surface area contributed by atoms with Gasteiger partial charge in [0.05, 0.1) is 6.04 Å². The first-order valence-electron chi connectivity index (χ1n) is 7.53. The fourth-order valence-electron chi connectivity index (χ4n) is 3.41. The fourth-order valence-corrected chi connectivity index (χ4v) is 4.15. The highest BCUT2D eigenvalue weighted by atomic mass is 32.1. The molecule has 1 saturated heterocycles. The maximum Gasteiger partial charge on any atom is 0.0510 e. The van der Waals surface area contributed by atoms with Crippen LogP contribution in [0.2, 0.25) is 0 Å². The number of likely N-dealkylation sites (tertiary alicyclic amines) is 1. The molecule has 108 valence electrons. The zero-order chi connectivity index (χ0) is 13.9. The minimum absolute atomic E-state index is 0.172. The van der Waals surface area contributed by atoms with Crippen LogP contribution in [0.4, 0.5) is 0 Å². The summed E-state index contributed by atoms with van der Waals surface area (Å²) in [4.78, 5) is 4.14. The normalized spacial score (nSPS) is 20.2. The maximum absolute atomic E-state index is 3.57. The van der Waals surface area contributed by atoms with Crippen LogP contribution in [-0.4, -0.2) is 30.6 Å². The van der Waals surface area contributed by atoms with Gasteiger partial charge in [-0.25, -0.2) is 0 Å². The molecule has 0 bridgehead atoms. The van der Waals surface area contributed by atoms with Gasteiger partial charge in [-0.05, 0) is 70.8 Å². The molecule has 0 aromatic carbocycles. The summed E-state index contributed by atoms with van der Waals surface area (Å²) < 4.78 is 0. The average Bonchev–Trinajstić information content (AvgIpc) is 2.66. The molecule has 1 N–H and O–H groups in total. The van der Waals surface area contributed by atoms with E-state index in [0.29, 0.717) is 6.04 Å². The lowest BCUT2D eigenvalue weighted by atomic mass is 9.87. The summed E-state index contributed by atoms with van der Waals surface area (Å²) in [6.45, 7) is 9.53. The zero-order valence-electron chi connectivity index (χ0n) is 12.8. The van der Waals surface area contributed by atoms with Gasteiger partial charge < -0.3 is 5.32 Å². The second-order valence-corrected chi connectivity index (χ2v) is 7.33. The van der Waals surface area contributed by atoms with Gasteiger partial charge in [0.15, 0.2) is 0 Å². The van der Waals surface area contributed by atoms with Crippen molar-refractivity contribution < 1.29 is 0 Å². The first-order chi connectivity index (χ1) is 9.07. The monoisotopic (exact) mass is 280 g/mol. The number of thiophene rings is 1. The lowest BCUT2D eigenvalue weighted by Crippen LogP contribution is -2.52. The van der Waals surface area contributed by atoms with E-state index < -0.39 is 0 Å². The van der Waals surface area contributed by atoms with Crippen LogP contribution < -0.4 is 5.32 Å². The molecular formula is C16H28N2S. The Labute approximate surface area is 122 Å². The molecule has 0 radical (unpaired) electrons. The van der Waals surface area contributed by atoms with E-state index in [0.717, 1.165) is 0 Å². The van der Waals surface area contributed by atoms with Gasteiger partial charge in [-0.1, -0.05) is 12.8 Å². The van der Waals surface area contributed by atoms with E-state index in [4.69, 9.17) is 0 Å². The highest BCUT2D eigenvalue weighted by Crippen LogP contribution is 2.35. The van der Waals surface area contributed by atoms with Crippen molar-refractivity contribution in [3.05, 3.63) is 21.9 Å². The molecule has 1 aromatic rings. The van der Waals surface area contributed by atoms with Crippen LogP contribution in [0.15, 0.2) is 11.4 Å². The van der Waals surface area contributed by atoms with Gasteiger partial charge in [0.1, 0.15) is 0 Å². The summed E-state index contributed by atoms with van der Waals surface area (Å²) in [6.07, 6.45) is 5.49. The first-order valence-corrected chi connectivity index (χ1v) is 8.41. The van der Waals surface area contributed by atoms with Gasteiger partial charge >= 0.3 is 0 Å². The first kappa shape index (κ1) is 15.0. The number of nitrogens with zero attached hydrogens (tertiary/aromatic N) is 1. The maximum atomic E-state index is 3.57. The van der Waals surface area contributed by atoms with Gasteiger partial charge in [0.25, 0.3) is 0 Å². The summed E-state index contributed by atoms with van der Waals surface area (Å²) in [7, 11) is 2.10. The molecule has 0 spiro atoms. The molecule has 1 aromatic heterocycles. The molecule has 2 rings (SSSR count). The Bertz CT molecular complexity index is 389. The predicted octanol–water partition coefficient (Wildman–Crippen LogP) is 3.97. The second kappa shape index (κ2) is 6.38. The summed E-state index contributed by atoms with van der Waals surface area (Å²) >= 11 is 1.86. The second-order valence-electron chi connectivity index (χ2n) is 6.21. The van der Waals surface area contributed by atoms with Gasteiger partial charge in [-0.2, -0.15) is 0 Å². The Balaban J connectivity index is 2.22. The van der Waals surface area contributed by atoms with E-state index in [9.17, 15) is 0 Å². The van der Waals surface area contributed by atoms with Crippen LogP contribution >= 0.6 is 11.3 Å². The van der Waals surface area contributed by atoms with E-state index in [1.54, 1.807) is 0 Å². The van der Waals surface area contributed by atoms with E-state index in [1.807, 2.05) is 11.3 Å². The minimum Gasteiger partial charge on any atom is -0.311 e. The van der Waals surface area contributed by atoms with Gasteiger partial charge in [0, 0.05) is 10.4 Å². The molecule has 0 aliphatic carbocycles. The molecule has 1 aliphatic heterocycles. The zero-order valence-corrected chi connectivity index (χ0v) is 13.6. The third-order valence-corrected chi connectivity index (χ3v) is 5.49. The lowest BCUT2D eigenvalue weighted by molar-refractivity contribution is 0.0864. The summed E-state index contributed by atoms with van der Waals surface area (Å²) in [6, 6.07) is 2.71. The molecule has 1 atom stereocenters. The van der Waals surface area contributed by atoms with Crippen molar-refractivity contribution in [2.45, 2.75) is 58.0 Å². The molecule has 19 heavy (non-hydrogen) atoms. The van der Waals surface area contributed by atoms with Crippen molar-refractivity contribution in [2.24, 2.45) is 0 Å². The minimum atomic E-state index is 0.172. The van der Waals surface area contributed by atoms with E-state index in [2.05, 4.69) is 49.5 Å². The largest absolute Gasteiger partial charge is 0.311 e. The standard InChI is InChI=1S/C16H28N2S/c1-13-14(9-12-19-13)15(17-4)16(2,3)18-10-7-5-6-8-11-18/h9,12,15,17H,5-8,10-11H2,1-4H3. The van der Waals surface area contributed by atoms with Gasteiger partial charge in [0.2, 0.25) is 0 Å². The van der Waals surface area contributed by atoms with Crippen molar-refractivity contribution in [3.8, 4) is 0 Å². The lowest BCUT2D eigenvalue weighted by Gasteiger charge is -2.44. The van der Waals surface area contributed by atoms with E-state index in [-0.39, 0.29) is 5.54 Å². The summed E-state index contributed by atoms with van der Waals surface area (Å²) in [5.74, 6) is 0. The fraction of sp³-hybridized carbons (Fsp3) is 0.750. The molecule has 1 aliphatic rings. The van der Waals surface area contributed by atoms with Crippen LogP contribution in [0.3, 0.4) is 0 Å². The Kier molecular flexibility index (Phi) is 5.04. The summed E-state index contributed by atoms with van der Waals surface area (Å²) in [5, 5.41) is 5.78. The number of aryl methyl sites for hydroxylation is 1. The third-order valence-electron chi connectivity index (χ3n) is 4.63. The molecule has 2 heterocycles. The number of hydrogen-bond donors (Lipinski definition) is 1. The Morgan fingerprint density at radius 2 is 1.84 bits per heavy atom. The van der Waals surface area contributed by atoms with Crippen LogP contribution in [0.5, 0.6) is 0 Å². The molecule has 0 amide bonds. The highest BCUT2D eigenvalue weighted by Gasteiger charge is 2.36. The smallest absolute Gasteiger partial charge is 0.0510 e. The molecular weight excluding hydrogens is 252 g/mol. The number of hydrogen-bond acceptors (Lipinski definition) is 3. The third kappa shape index (κ3) is 3.21. The van der Waals surface area contributed by atoms with Crippen molar-refractivity contribution in [1.82, 2.24) is 10.2 Å². The Morgan fingerprint density at radius 3 is 2.32 bits per heavy atom. The van der Waals surface area contributed by atoms with Gasteiger partial charge in [-0.3, -0.25) is 4.90 Å². The molecule has 3 heteroatoms. The van der Waals surface area contributed by atoms with Crippen molar-refractivity contribution in [2.75, 3.05) is 20.1 Å². The van der Waals surface area contributed by atoms with Crippen molar-refractivity contribution in [3.63, 3.8) is 0 Å². The molecule has 1 unspecified atom stereocenters. The molecule has 0 saturated carbocycles. The molecule has 2 nitrogen and oxygen atoms in total. The highest BCUT2D eigenvalue weighted by molar-refractivity contribution is 7.10. The molecule has 1 fully saturated rings.